The van der Waals surface area contributed by atoms with E-state index in [-0.39, 0.29) is 23.0 Å². The minimum atomic E-state index is -0.762. The van der Waals surface area contributed by atoms with Crippen LogP contribution in [0, 0.1) is 11.6 Å². The summed E-state index contributed by atoms with van der Waals surface area (Å²) >= 11 is 5.57. The average Bonchev–Trinajstić information content (AvgIpc) is 2.24. The summed E-state index contributed by atoms with van der Waals surface area (Å²) < 4.78 is 26.9. The molecule has 17 heavy (non-hydrogen) atoms. The Labute approximate surface area is 111 Å². The Morgan fingerprint density at radius 1 is 1.24 bits per heavy atom. The van der Waals surface area contributed by atoms with Gasteiger partial charge in [0.2, 0.25) is 0 Å². The molecule has 0 aliphatic heterocycles. The maximum atomic E-state index is 13.5. The molecule has 0 heterocycles. The fraction of sp³-hybridized carbons (Fsp3) is 0.455. The van der Waals surface area contributed by atoms with E-state index in [1.54, 1.807) is 0 Å². The molecule has 4 N–H and O–H groups in total. The molecule has 0 fully saturated rings. The number of halogens is 4. The second-order valence-electron chi connectivity index (χ2n) is 3.65. The van der Waals surface area contributed by atoms with E-state index in [4.69, 9.17) is 23.1 Å². The Morgan fingerprint density at radius 2 is 1.88 bits per heavy atom. The van der Waals surface area contributed by atoms with Crippen molar-refractivity contribution < 1.29 is 8.78 Å². The Morgan fingerprint density at radius 3 is 2.47 bits per heavy atom. The molecule has 0 aliphatic carbocycles. The van der Waals surface area contributed by atoms with Crippen LogP contribution in [0.4, 0.5) is 8.78 Å². The van der Waals surface area contributed by atoms with Gasteiger partial charge in [-0.3, -0.25) is 0 Å². The summed E-state index contributed by atoms with van der Waals surface area (Å²) in [5, 5.41) is -0.106. The van der Waals surface area contributed by atoms with E-state index in [2.05, 4.69) is 0 Å². The van der Waals surface area contributed by atoms with Crippen LogP contribution in [0.15, 0.2) is 12.1 Å². The average molecular weight is 285 g/mol. The zero-order valence-electron chi connectivity index (χ0n) is 9.26. The van der Waals surface area contributed by atoms with Crippen molar-refractivity contribution in [2.75, 3.05) is 6.54 Å². The maximum absolute atomic E-state index is 13.5. The smallest absolute Gasteiger partial charge is 0.149 e. The van der Waals surface area contributed by atoms with Crippen LogP contribution >= 0.6 is 24.0 Å². The van der Waals surface area contributed by atoms with E-state index in [1.165, 1.54) is 6.07 Å². The van der Waals surface area contributed by atoms with Crippen LogP contribution in [0.3, 0.4) is 0 Å². The van der Waals surface area contributed by atoms with E-state index in [0.29, 0.717) is 13.0 Å². The molecular formula is C11H16Cl2F2N2. The zero-order valence-corrected chi connectivity index (χ0v) is 10.8. The number of benzene rings is 1. The minimum Gasteiger partial charge on any atom is -0.330 e. The monoisotopic (exact) mass is 284 g/mol. The summed E-state index contributed by atoms with van der Waals surface area (Å²) in [6.07, 6.45) is 2.02. The van der Waals surface area contributed by atoms with Crippen LogP contribution in [-0.2, 0) is 0 Å². The molecule has 0 unspecified atom stereocenters. The number of rotatable bonds is 5. The molecule has 6 heteroatoms. The van der Waals surface area contributed by atoms with Gasteiger partial charge < -0.3 is 11.5 Å². The molecule has 0 spiro atoms. The molecule has 0 bridgehead atoms. The third-order valence-corrected chi connectivity index (χ3v) is 2.71. The molecule has 1 atom stereocenters. The lowest BCUT2D eigenvalue weighted by atomic mass is 10.0. The van der Waals surface area contributed by atoms with Crippen LogP contribution in [0.1, 0.15) is 30.9 Å². The molecule has 0 saturated carbocycles. The van der Waals surface area contributed by atoms with Crippen LogP contribution in [0.25, 0.3) is 0 Å². The predicted molar refractivity (Wildman–Crippen MR) is 68.4 cm³/mol. The molecule has 0 aliphatic rings. The summed E-state index contributed by atoms with van der Waals surface area (Å²) in [6, 6.07) is 1.64. The lowest BCUT2D eigenvalue weighted by Crippen LogP contribution is -2.15. The van der Waals surface area contributed by atoms with Gasteiger partial charge in [0.25, 0.3) is 0 Å². The van der Waals surface area contributed by atoms with Crippen LogP contribution in [-0.4, -0.2) is 6.54 Å². The Hall–Kier alpha value is -0.420. The van der Waals surface area contributed by atoms with Crippen molar-refractivity contribution in [1.29, 1.82) is 0 Å². The van der Waals surface area contributed by atoms with Crippen LogP contribution < -0.4 is 11.5 Å². The predicted octanol–water partition coefficient (Wildman–Crippen LogP) is 3.17. The summed E-state index contributed by atoms with van der Waals surface area (Å²) in [5.74, 6) is -1.41. The van der Waals surface area contributed by atoms with Crippen molar-refractivity contribution in [1.82, 2.24) is 0 Å². The maximum Gasteiger partial charge on any atom is 0.149 e. The summed E-state index contributed by atoms with van der Waals surface area (Å²) in [7, 11) is 0. The van der Waals surface area contributed by atoms with E-state index in [0.717, 1.165) is 18.9 Å². The van der Waals surface area contributed by atoms with E-state index >= 15 is 0 Å². The number of hydrogen-bond donors (Lipinski definition) is 2. The van der Waals surface area contributed by atoms with Crippen molar-refractivity contribution in [3.63, 3.8) is 0 Å². The van der Waals surface area contributed by atoms with E-state index in [1.807, 2.05) is 0 Å². The molecule has 0 aromatic heterocycles. The van der Waals surface area contributed by atoms with Crippen molar-refractivity contribution in [2.24, 2.45) is 11.5 Å². The molecule has 0 saturated heterocycles. The highest BCUT2D eigenvalue weighted by molar-refractivity contribution is 6.30. The van der Waals surface area contributed by atoms with E-state index in [9.17, 15) is 8.78 Å². The first-order valence-corrected chi connectivity index (χ1v) is 5.54. The highest BCUT2D eigenvalue weighted by Gasteiger charge is 2.18. The second kappa shape index (κ2) is 7.82. The van der Waals surface area contributed by atoms with Crippen LogP contribution in [0.2, 0.25) is 5.02 Å². The highest BCUT2D eigenvalue weighted by atomic mass is 35.5. The molecule has 0 radical (unpaired) electrons. The van der Waals surface area contributed by atoms with Gasteiger partial charge in [-0.1, -0.05) is 18.0 Å². The van der Waals surface area contributed by atoms with E-state index < -0.39 is 17.7 Å². The molecule has 2 nitrogen and oxygen atoms in total. The second-order valence-corrected chi connectivity index (χ2v) is 4.06. The first-order chi connectivity index (χ1) is 7.57. The van der Waals surface area contributed by atoms with Gasteiger partial charge in [-0.15, -0.1) is 12.4 Å². The highest BCUT2D eigenvalue weighted by Crippen LogP contribution is 2.27. The van der Waals surface area contributed by atoms with Gasteiger partial charge in [0.05, 0.1) is 5.02 Å². The quantitative estimate of drug-likeness (QED) is 0.645. The Bertz CT molecular complexity index is 362. The number of unbranched alkanes of at least 4 members (excludes halogenated alkanes) is 1. The SMILES string of the molecule is Cl.NCCCC[C@@H](N)c1c(F)ccc(Cl)c1F. The van der Waals surface area contributed by atoms with Gasteiger partial charge in [0, 0.05) is 11.6 Å². The number of nitrogens with two attached hydrogens (primary N) is 2. The normalized spacial score (nSPS) is 12.1. The van der Waals surface area contributed by atoms with Gasteiger partial charge in [0.1, 0.15) is 11.6 Å². The Balaban J connectivity index is 0.00000256. The van der Waals surface area contributed by atoms with Crippen molar-refractivity contribution >= 4 is 24.0 Å². The molecule has 1 aromatic rings. The van der Waals surface area contributed by atoms with Gasteiger partial charge in [0.15, 0.2) is 0 Å². The molecular weight excluding hydrogens is 269 g/mol. The third-order valence-electron chi connectivity index (χ3n) is 2.42. The summed E-state index contributed by atoms with van der Waals surface area (Å²) in [6.45, 7) is 0.549. The van der Waals surface area contributed by atoms with Gasteiger partial charge in [-0.05, 0) is 31.5 Å². The van der Waals surface area contributed by atoms with Crippen molar-refractivity contribution in [2.45, 2.75) is 25.3 Å². The first kappa shape index (κ1) is 16.6. The topological polar surface area (TPSA) is 52.0 Å². The molecule has 1 aromatic carbocycles. The standard InChI is InChI=1S/C11H15ClF2N2.ClH/c12-7-4-5-8(13)10(11(7)14)9(16)3-1-2-6-15;/h4-5,9H,1-3,6,15-16H2;1H/t9-;/m1./s1. The van der Waals surface area contributed by atoms with Gasteiger partial charge in [-0.25, -0.2) is 8.78 Å². The Kier molecular flexibility index (Phi) is 7.63. The lowest BCUT2D eigenvalue weighted by molar-refractivity contribution is 0.500. The first-order valence-electron chi connectivity index (χ1n) is 5.17. The van der Waals surface area contributed by atoms with Crippen molar-refractivity contribution in [3.05, 3.63) is 34.4 Å². The molecule has 98 valence electrons. The number of hydrogen-bond acceptors (Lipinski definition) is 2. The van der Waals surface area contributed by atoms with Crippen molar-refractivity contribution in [3.8, 4) is 0 Å². The summed E-state index contributed by atoms with van der Waals surface area (Å²) in [5.41, 5.74) is 10.9. The lowest BCUT2D eigenvalue weighted by Gasteiger charge is -2.14. The zero-order chi connectivity index (χ0) is 12.1. The fourth-order valence-corrected chi connectivity index (χ4v) is 1.70. The minimum absolute atomic E-state index is 0. The third kappa shape index (κ3) is 4.39. The molecule has 0 amide bonds. The van der Waals surface area contributed by atoms with Crippen LogP contribution in [0.5, 0.6) is 0 Å². The van der Waals surface area contributed by atoms with Gasteiger partial charge >= 0.3 is 0 Å². The largest absolute Gasteiger partial charge is 0.330 e. The van der Waals surface area contributed by atoms with Gasteiger partial charge in [-0.2, -0.15) is 0 Å². The molecule has 1 rings (SSSR count). The summed E-state index contributed by atoms with van der Waals surface area (Å²) in [4.78, 5) is 0. The fourth-order valence-electron chi connectivity index (χ4n) is 1.54.